The van der Waals surface area contributed by atoms with Crippen LogP contribution in [0, 0.1) is 10.1 Å². The molecule has 0 bridgehead atoms. The first-order valence-electron chi connectivity index (χ1n) is 9.68. The lowest BCUT2D eigenvalue weighted by molar-refractivity contribution is -0.384. The number of amides is 3. The second kappa shape index (κ2) is 7.94. The monoisotopic (exact) mass is 408 g/mol. The van der Waals surface area contributed by atoms with Crippen molar-refractivity contribution in [3.63, 3.8) is 0 Å². The maximum absolute atomic E-state index is 12.8. The molecule has 2 aliphatic rings. The Balaban J connectivity index is 1.37. The third-order valence-corrected chi connectivity index (χ3v) is 5.42. The fraction of sp³-hybridized carbons (Fsp3) is 0.286. The Morgan fingerprint density at radius 2 is 1.33 bits per heavy atom. The van der Waals surface area contributed by atoms with Crippen molar-refractivity contribution in [1.82, 2.24) is 4.90 Å². The molecule has 154 valence electrons. The van der Waals surface area contributed by atoms with Gasteiger partial charge in [0.2, 0.25) is 11.8 Å². The quantitative estimate of drug-likeness (QED) is 0.436. The summed E-state index contributed by atoms with van der Waals surface area (Å²) < 4.78 is 0. The fourth-order valence-corrected chi connectivity index (χ4v) is 3.75. The summed E-state index contributed by atoms with van der Waals surface area (Å²) in [4.78, 5) is 51.8. The number of nitro groups is 1. The number of piperazine rings is 1. The minimum Gasteiger partial charge on any atom is -0.368 e. The van der Waals surface area contributed by atoms with E-state index in [-0.39, 0.29) is 36.3 Å². The lowest BCUT2D eigenvalue weighted by atomic mass is 10.1. The zero-order valence-electron chi connectivity index (χ0n) is 16.2. The van der Waals surface area contributed by atoms with Crippen molar-refractivity contribution in [3.05, 3.63) is 64.2 Å². The van der Waals surface area contributed by atoms with E-state index in [9.17, 15) is 24.5 Å². The molecule has 4 rings (SSSR count). The largest absolute Gasteiger partial charge is 0.368 e. The zero-order valence-corrected chi connectivity index (χ0v) is 16.2. The number of nitro benzene ring substituents is 1. The van der Waals surface area contributed by atoms with Crippen molar-refractivity contribution in [2.45, 2.75) is 12.8 Å². The minimum absolute atomic E-state index is 0.0494. The molecule has 2 aliphatic heterocycles. The first-order chi connectivity index (χ1) is 14.4. The Morgan fingerprint density at radius 3 is 1.87 bits per heavy atom. The van der Waals surface area contributed by atoms with Crippen LogP contribution in [-0.4, -0.2) is 53.7 Å². The number of anilines is 2. The molecule has 2 fully saturated rings. The second-order valence-electron chi connectivity index (χ2n) is 7.22. The average molecular weight is 408 g/mol. The Hall–Kier alpha value is -3.75. The highest BCUT2D eigenvalue weighted by Gasteiger charge is 2.30. The summed E-state index contributed by atoms with van der Waals surface area (Å²) in [5.74, 6) is -0.549. The Morgan fingerprint density at radius 1 is 0.800 bits per heavy atom. The van der Waals surface area contributed by atoms with Crippen LogP contribution in [0.1, 0.15) is 23.2 Å². The predicted molar refractivity (Wildman–Crippen MR) is 109 cm³/mol. The number of hydrogen-bond acceptors (Lipinski definition) is 6. The fourth-order valence-electron chi connectivity index (χ4n) is 3.75. The van der Waals surface area contributed by atoms with Crippen LogP contribution in [0.2, 0.25) is 0 Å². The Labute approximate surface area is 172 Å². The van der Waals surface area contributed by atoms with E-state index in [1.165, 1.54) is 12.1 Å². The number of nitrogens with zero attached hydrogens (tertiary/aromatic N) is 4. The van der Waals surface area contributed by atoms with E-state index >= 15 is 0 Å². The van der Waals surface area contributed by atoms with Gasteiger partial charge in [0.15, 0.2) is 0 Å². The van der Waals surface area contributed by atoms with Gasteiger partial charge in [-0.3, -0.25) is 29.4 Å². The molecule has 9 heteroatoms. The van der Waals surface area contributed by atoms with E-state index in [0.717, 1.165) is 10.6 Å². The molecule has 0 N–H and O–H groups in total. The van der Waals surface area contributed by atoms with Crippen molar-refractivity contribution in [2.24, 2.45) is 0 Å². The summed E-state index contributed by atoms with van der Waals surface area (Å²) in [6.45, 7) is 2.30. The summed E-state index contributed by atoms with van der Waals surface area (Å²) in [7, 11) is 0. The maximum Gasteiger partial charge on any atom is 0.269 e. The molecule has 3 amide bonds. The first-order valence-corrected chi connectivity index (χ1v) is 9.68. The van der Waals surface area contributed by atoms with Crippen LogP contribution < -0.4 is 9.80 Å². The molecule has 0 aliphatic carbocycles. The van der Waals surface area contributed by atoms with Crippen molar-refractivity contribution in [2.75, 3.05) is 36.0 Å². The molecule has 0 atom stereocenters. The SMILES string of the molecule is O=C(c1ccc(N2C(=O)CCC2=O)cc1)N1CCN(c2ccc([N+](=O)[O-])cc2)CC1. The molecule has 0 saturated carbocycles. The minimum atomic E-state index is -0.429. The number of hydrogen-bond donors (Lipinski definition) is 0. The standard InChI is InChI=1S/C21H20N4O5/c26-19-9-10-20(27)24(19)17-3-1-15(2-4-17)21(28)23-13-11-22(12-14-23)16-5-7-18(8-6-16)25(29)30/h1-8H,9-14H2. The van der Waals surface area contributed by atoms with Crippen molar-refractivity contribution in [3.8, 4) is 0 Å². The van der Waals surface area contributed by atoms with Crippen LogP contribution in [0.25, 0.3) is 0 Å². The highest BCUT2D eigenvalue weighted by molar-refractivity contribution is 6.19. The number of imide groups is 1. The molecule has 2 aromatic rings. The van der Waals surface area contributed by atoms with Gasteiger partial charge in [0, 0.05) is 62.4 Å². The van der Waals surface area contributed by atoms with E-state index in [0.29, 0.717) is 37.4 Å². The second-order valence-corrected chi connectivity index (χ2v) is 7.22. The average Bonchev–Trinajstić information content (AvgIpc) is 3.11. The predicted octanol–water partition coefficient (Wildman–Crippen LogP) is 2.21. The lowest BCUT2D eigenvalue weighted by Crippen LogP contribution is -2.48. The van der Waals surface area contributed by atoms with Gasteiger partial charge in [-0.05, 0) is 36.4 Å². The third kappa shape index (κ3) is 3.73. The van der Waals surface area contributed by atoms with Crippen LogP contribution in [0.5, 0.6) is 0 Å². The highest BCUT2D eigenvalue weighted by atomic mass is 16.6. The molecular weight excluding hydrogens is 388 g/mol. The van der Waals surface area contributed by atoms with Crippen molar-refractivity contribution >= 4 is 34.8 Å². The van der Waals surface area contributed by atoms with Crippen LogP contribution >= 0.6 is 0 Å². The summed E-state index contributed by atoms with van der Waals surface area (Å²) in [6, 6.07) is 12.9. The van der Waals surface area contributed by atoms with E-state index in [2.05, 4.69) is 4.90 Å². The van der Waals surface area contributed by atoms with Crippen LogP contribution in [0.3, 0.4) is 0 Å². The number of carbonyl (C=O) groups excluding carboxylic acids is 3. The number of benzene rings is 2. The summed E-state index contributed by atoms with van der Waals surface area (Å²) in [6.07, 6.45) is 0.442. The van der Waals surface area contributed by atoms with E-state index in [1.54, 1.807) is 41.3 Å². The summed E-state index contributed by atoms with van der Waals surface area (Å²) in [5, 5.41) is 10.8. The summed E-state index contributed by atoms with van der Waals surface area (Å²) >= 11 is 0. The van der Waals surface area contributed by atoms with Gasteiger partial charge < -0.3 is 9.80 Å². The van der Waals surface area contributed by atoms with Gasteiger partial charge in [-0.25, -0.2) is 0 Å². The first kappa shape index (κ1) is 19.6. The maximum atomic E-state index is 12.8. The van der Waals surface area contributed by atoms with Crippen LogP contribution in [0.15, 0.2) is 48.5 Å². The van der Waals surface area contributed by atoms with Crippen molar-refractivity contribution < 1.29 is 19.3 Å². The van der Waals surface area contributed by atoms with Gasteiger partial charge in [-0.2, -0.15) is 0 Å². The number of non-ortho nitro benzene ring substituents is 1. The molecule has 0 unspecified atom stereocenters. The molecule has 2 heterocycles. The highest BCUT2D eigenvalue weighted by Crippen LogP contribution is 2.24. The Kier molecular flexibility index (Phi) is 5.18. The number of carbonyl (C=O) groups is 3. The Bertz CT molecular complexity index is 979. The zero-order chi connectivity index (χ0) is 21.3. The molecule has 9 nitrogen and oxygen atoms in total. The lowest BCUT2D eigenvalue weighted by Gasteiger charge is -2.36. The normalized spacial score (nSPS) is 16.9. The van der Waals surface area contributed by atoms with Crippen molar-refractivity contribution in [1.29, 1.82) is 0 Å². The molecule has 0 spiro atoms. The molecule has 2 saturated heterocycles. The van der Waals surface area contributed by atoms with Crippen LogP contribution in [0.4, 0.5) is 17.1 Å². The third-order valence-electron chi connectivity index (χ3n) is 5.42. The van der Waals surface area contributed by atoms with Gasteiger partial charge in [0.25, 0.3) is 11.6 Å². The molecule has 0 radical (unpaired) electrons. The van der Waals surface area contributed by atoms with Gasteiger partial charge >= 0.3 is 0 Å². The topological polar surface area (TPSA) is 104 Å². The molecule has 2 aromatic carbocycles. The van der Waals surface area contributed by atoms with E-state index in [1.807, 2.05) is 0 Å². The molecule has 30 heavy (non-hydrogen) atoms. The van der Waals surface area contributed by atoms with Gasteiger partial charge in [-0.1, -0.05) is 0 Å². The van der Waals surface area contributed by atoms with Gasteiger partial charge in [0.05, 0.1) is 10.6 Å². The molecular formula is C21H20N4O5. The summed E-state index contributed by atoms with van der Waals surface area (Å²) in [5.41, 5.74) is 1.93. The van der Waals surface area contributed by atoms with Crippen LogP contribution in [-0.2, 0) is 9.59 Å². The number of rotatable bonds is 4. The molecule has 0 aromatic heterocycles. The van der Waals surface area contributed by atoms with E-state index < -0.39 is 4.92 Å². The van der Waals surface area contributed by atoms with E-state index in [4.69, 9.17) is 0 Å². The van der Waals surface area contributed by atoms with Gasteiger partial charge in [0.1, 0.15) is 0 Å². The smallest absolute Gasteiger partial charge is 0.269 e. The van der Waals surface area contributed by atoms with Gasteiger partial charge in [-0.15, -0.1) is 0 Å².